The molecule has 0 aromatic carbocycles. The molecule has 1 aliphatic heterocycles. The van der Waals surface area contributed by atoms with Crippen LogP contribution in [0.25, 0.3) is 0 Å². The molecule has 1 heterocycles. The number of nitrogens with two attached hydrogens (primary N) is 1. The second kappa shape index (κ2) is 4.49. The minimum atomic E-state index is -0.442. The van der Waals surface area contributed by atoms with E-state index in [1.54, 1.807) is 4.90 Å². The fourth-order valence-corrected chi connectivity index (χ4v) is 1.60. The third kappa shape index (κ3) is 2.92. The lowest BCUT2D eigenvalue weighted by molar-refractivity contribution is -0.135. The predicted molar refractivity (Wildman–Crippen MR) is 59.4 cm³/mol. The number of rotatable bonds is 2. The fraction of sp³-hybridized carbons (Fsp3) is 0.909. The quantitative estimate of drug-likeness (QED) is 0.732. The first-order valence-corrected chi connectivity index (χ1v) is 5.44. The van der Waals surface area contributed by atoms with Gasteiger partial charge in [-0.25, -0.2) is 0 Å². The van der Waals surface area contributed by atoms with Gasteiger partial charge in [0.2, 0.25) is 5.91 Å². The Morgan fingerprint density at radius 3 is 2.53 bits per heavy atom. The Morgan fingerprint density at radius 2 is 2.13 bits per heavy atom. The van der Waals surface area contributed by atoms with Crippen LogP contribution >= 0.6 is 0 Å². The maximum absolute atomic E-state index is 12.0. The van der Waals surface area contributed by atoms with Crippen LogP contribution in [0.1, 0.15) is 27.2 Å². The maximum atomic E-state index is 12.0. The largest absolute Gasteiger partial charge is 0.379 e. The number of likely N-dealkylation sites (N-methyl/N-ethyl adjacent to an activating group) is 1. The van der Waals surface area contributed by atoms with Crippen molar-refractivity contribution in [3.8, 4) is 0 Å². The second-order valence-corrected chi connectivity index (χ2v) is 5.31. The van der Waals surface area contributed by atoms with E-state index >= 15 is 0 Å². The summed E-state index contributed by atoms with van der Waals surface area (Å²) in [6, 6.07) is -0.242. The van der Waals surface area contributed by atoms with Crippen molar-refractivity contribution >= 4 is 5.91 Å². The number of hydrogen-bond donors (Lipinski definition) is 1. The van der Waals surface area contributed by atoms with E-state index in [4.69, 9.17) is 10.5 Å². The number of hydrogen-bond acceptors (Lipinski definition) is 3. The Kier molecular flexibility index (Phi) is 3.73. The summed E-state index contributed by atoms with van der Waals surface area (Å²) in [6.07, 6.45) is 0.916. The molecule has 1 rings (SSSR count). The average Bonchev–Trinajstić information content (AvgIpc) is 2.65. The zero-order chi connectivity index (χ0) is 11.6. The number of carbonyl (C=O) groups is 1. The minimum Gasteiger partial charge on any atom is -0.379 e. The highest BCUT2D eigenvalue weighted by molar-refractivity contribution is 5.82. The summed E-state index contributed by atoms with van der Waals surface area (Å²) in [5, 5.41) is 0. The molecular formula is C11H22N2O2. The van der Waals surface area contributed by atoms with Crippen LogP contribution in [0.5, 0.6) is 0 Å². The Hall–Kier alpha value is -0.610. The Bertz CT molecular complexity index is 229. The van der Waals surface area contributed by atoms with Crippen LogP contribution in [-0.4, -0.2) is 43.2 Å². The van der Waals surface area contributed by atoms with Gasteiger partial charge in [0.15, 0.2) is 0 Å². The Balaban J connectivity index is 2.59. The number of carbonyl (C=O) groups excluding carboxylic acids is 1. The topological polar surface area (TPSA) is 55.6 Å². The van der Waals surface area contributed by atoms with E-state index in [9.17, 15) is 4.79 Å². The van der Waals surface area contributed by atoms with Gasteiger partial charge in [0.1, 0.15) is 0 Å². The molecule has 0 bridgehead atoms. The van der Waals surface area contributed by atoms with Crippen molar-refractivity contribution in [3.05, 3.63) is 0 Å². The molecule has 4 heteroatoms. The van der Waals surface area contributed by atoms with Crippen LogP contribution in [0.4, 0.5) is 0 Å². The predicted octanol–water partition coefficient (Wildman–Crippen LogP) is 0.607. The van der Waals surface area contributed by atoms with E-state index in [2.05, 4.69) is 0 Å². The fourth-order valence-electron chi connectivity index (χ4n) is 1.60. The van der Waals surface area contributed by atoms with Crippen LogP contribution < -0.4 is 5.73 Å². The minimum absolute atomic E-state index is 0.0120. The van der Waals surface area contributed by atoms with E-state index in [-0.39, 0.29) is 17.4 Å². The molecule has 1 amide bonds. The van der Waals surface area contributed by atoms with E-state index < -0.39 is 6.04 Å². The van der Waals surface area contributed by atoms with Crippen molar-refractivity contribution in [2.24, 2.45) is 11.1 Å². The summed E-state index contributed by atoms with van der Waals surface area (Å²) in [6.45, 7) is 7.32. The number of ether oxygens (including phenoxy) is 1. The van der Waals surface area contributed by atoms with Gasteiger partial charge in [-0.15, -0.1) is 0 Å². The van der Waals surface area contributed by atoms with Gasteiger partial charge in [-0.05, 0) is 11.8 Å². The Labute approximate surface area is 91.8 Å². The summed E-state index contributed by atoms with van der Waals surface area (Å²) >= 11 is 0. The highest BCUT2D eigenvalue weighted by Gasteiger charge is 2.33. The van der Waals surface area contributed by atoms with Crippen molar-refractivity contribution < 1.29 is 9.53 Å². The number of amides is 1. The molecular weight excluding hydrogens is 192 g/mol. The molecule has 2 atom stereocenters. The monoisotopic (exact) mass is 214 g/mol. The maximum Gasteiger partial charge on any atom is 0.240 e. The third-order valence-electron chi connectivity index (χ3n) is 3.00. The molecule has 0 saturated carbocycles. The molecule has 0 aromatic rings. The summed E-state index contributed by atoms with van der Waals surface area (Å²) in [4.78, 5) is 13.8. The van der Waals surface area contributed by atoms with Crippen LogP contribution in [0, 0.1) is 5.41 Å². The molecule has 88 valence electrons. The van der Waals surface area contributed by atoms with Gasteiger partial charge in [0, 0.05) is 13.7 Å². The molecule has 0 radical (unpaired) electrons. The zero-order valence-corrected chi connectivity index (χ0v) is 10.1. The van der Waals surface area contributed by atoms with Gasteiger partial charge in [-0.1, -0.05) is 20.8 Å². The lowest BCUT2D eigenvalue weighted by Crippen LogP contribution is -2.52. The van der Waals surface area contributed by atoms with Crippen molar-refractivity contribution in [3.63, 3.8) is 0 Å². The van der Waals surface area contributed by atoms with E-state index in [1.807, 2.05) is 27.8 Å². The van der Waals surface area contributed by atoms with E-state index in [1.165, 1.54) is 0 Å². The summed E-state index contributed by atoms with van der Waals surface area (Å²) in [5.74, 6) is 0.0120. The molecule has 4 nitrogen and oxygen atoms in total. The standard InChI is InChI=1S/C11H22N2O2/c1-11(2,3)9(12)10(14)13(4)8-5-6-15-7-8/h8-9H,5-7,12H2,1-4H3. The summed E-state index contributed by atoms with van der Waals surface area (Å²) in [5.41, 5.74) is 5.74. The summed E-state index contributed by atoms with van der Waals surface area (Å²) < 4.78 is 5.26. The third-order valence-corrected chi connectivity index (χ3v) is 3.00. The van der Waals surface area contributed by atoms with Gasteiger partial charge < -0.3 is 15.4 Å². The zero-order valence-electron chi connectivity index (χ0n) is 10.1. The molecule has 1 saturated heterocycles. The normalized spacial score (nSPS) is 23.9. The van der Waals surface area contributed by atoms with Crippen molar-refractivity contribution in [1.29, 1.82) is 0 Å². The van der Waals surface area contributed by atoms with Crippen LogP contribution in [0.15, 0.2) is 0 Å². The van der Waals surface area contributed by atoms with Gasteiger partial charge in [-0.2, -0.15) is 0 Å². The molecule has 1 aliphatic rings. The first-order chi connectivity index (χ1) is 6.84. The SMILES string of the molecule is CN(C(=O)C(N)C(C)(C)C)C1CCOC1. The average molecular weight is 214 g/mol. The molecule has 0 aromatic heterocycles. The molecule has 2 N–H and O–H groups in total. The molecule has 1 fully saturated rings. The van der Waals surface area contributed by atoms with Gasteiger partial charge in [0.25, 0.3) is 0 Å². The molecule has 2 unspecified atom stereocenters. The first kappa shape index (κ1) is 12.5. The van der Waals surface area contributed by atoms with Gasteiger partial charge in [-0.3, -0.25) is 4.79 Å². The van der Waals surface area contributed by atoms with Crippen molar-refractivity contribution in [2.75, 3.05) is 20.3 Å². The second-order valence-electron chi connectivity index (χ2n) is 5.31. The van der Waals surface area contributed by atoms with Gasteiger partial charge in [0.05, 0.1) is 18.7 Å². The lowest BCUT2D eigenvalue weighted by Gasteiger charge is -2.32. The first-order valence-electron chi connectivity index (χ1n) is 5.44. The molecule has 15 heavy (non-hydrogen) atoms. The Morgan fingerprint density at radius 1 is 1.53 bits per heavy atom. The van der Waals surface area contributed by atoms with Crippen molar-refractivity contribution in [1.82, 2.24) is 4.90 Å². The van der Waals surface area contributed by atoms with E-state index in [0.717, 1.165) is 13.0 Å². The molecule has 0 aliphatic carbocycles. The van der Waals surface area contributed by atoms with Crippen molar-refractivity contribution in [2.45, 2.75) is 39.3 Å². The van der Waals surface area contributed by atoms with Crippen LogP contribution in [0.2, 0.25) is 0 Å². The lowest BCUT2D eigenvalue weighted by atomic mass is 9.86. The van der Waals surface area contributed by atoms with Crippen LogP contribution in [0.3, 0.4) is 0 Å². The van der Waals surface area contributed by atoms with Gasteiger partial charge >= 0.3 is 0 Å². The van der Waals surface area contributed by atoms with Crippen LogP contribution in [-0.2, 0) is 9.53 Å². The highest BCUT2D eigenvalue weighted by atomic mass is 16.5. The highest BCUT2D eigenvalue weighted by Crippen LogP contribution is 2.20. The summed E-state index contributed by atoms with van der Waals surface area (Å²) in [7, 11) is 1.81. The molecule has 0 spiro atoms. The van der Waals surface area contributed by atoms with E-state index in [0.29, 0.717) is 6.61 Å². The smallest absolute Gasteiger partial charge is 0.240 e. The number of nitrogens with zero attached hydrogens (tertiary/aromatic N) is 1.